The minimum Gasteiger partial charge on any atom is -0.461 e. The number of carbonyl (C=O) groups excluding carboxylic acids is 1. The first-order chi connectivity index (χ1) is 14.6. The minimum atomic E-state index is -0.268. The Hall–Kier alpha value is -0.910. The monoisotopic (exact) mass is 420 g/mol. The number of rotatable bonds is 10. The quantitative estimate of drug-likeness (QED) is 0.302. The van der Waals surface area contributed by atoms with Crippen LogP contribution in [0, 0.1) is 17.8 Å². The third kappa shape index (κ3) is 7.97. The van der Waals surface area contributed by atoms with Crippen LogP contribution in [0.5, 0.6) is 0 Å². The molecule has 0 radical (unpaired) electrons. The molecule has 0 spiro atoms. The average molecular weight is 421 g/mol. The summed E-state index contributed by atoms with van der Waals surface area (Å²) in [6.07, 6.45) is 12.3. The van der Waals surface area contributed by atoms with Crippen molar-refractivity contribution in [1.82, 2.24) is 9.80 Å². The molecular formula is C25H44N2O3. The van der Waals surface area contributed by atoms with E-state index < -0.39 is 0 Å². The molecule has 2 saturated heterocycles. The van der Waals surface area contributed by atoms with Gasteiger partial charge < -0.3 is 14.4 Å². The molecule has 3 rings (SSSR count). The number of carbonyl (C=O) groups is 1. The number of nitrogens with zero attached hydrogens (tertiary/aromatic N) is 2. The van der Waals surface area contributed by atoms with Crippen molar-refractivity contribution in [1.29, 1.82) is 0 Å². The lowest BCUT2D eigenvalue weighted by atomic mass is 9.79. The molecule has 3 fully saturated rings. The number of hydrogen-bond acceptors (Lipinski definition) is 5. The van der Waals surface area contributed by atoms with E-state index in [4.69, 9.17) is 9.47 Å². The van der Waals surface area contributed by atoms with Gasteiger partial charge >= 0.3 is 5.97 Å². The Bertz CT molecular complexity index is 516. The lowest BCUT2D eigenvalue weighted by molar-refractivity contribution is -0.139. The normalized spacial score (nSPS) is 23.5. The van der Waals surface area contributed by atoms with Gasteiger partial charge in [-0.2, -0.15) is 0 Å². The first-order valence-corrected chi connectivity index (χ1v) is 12.5. The molecule has 2 aliphatic heterocycles. The van der Waals surface area contributed by atoms with E-state index in [0.29, 0.717) is 12.2 Å². The summed E-state index contributed by atoms with van der Waals surface area (Å²) < 4.78 is 11.2. The maximum Gasteiger partial charge on any atom is 0.333 e. The lowest BCUT2D eigenvalue weighted by Gasteiger charge is -2.40. The topological polar surface area (TPSA) is 42.0 Å². The first kappa shape index (κ1) is 23.7. The van der Waals surface area contributed by atoms with Crippen molar-refractivity contribution < 1.29 is 14.3 Å². The van der Waals surface area contributed by atoms with Crippen molar-refractivity contribution in [3.8, 4) is 0 Å². The van der Waals surface area contributed by atoms with E-state index in [-0.39, 0.29) is 5.97 Å². The molecule has 0 aromatic carbocycles. The molecule has 172 valence electrons. The fraction of sp³-hybridized carbons (Fsp3) is 0.880. The van der Waals surface area contributed by atoms with Crippen LogP contribution in [0.3, 0.4) is 0 Å². The van der Waals surface area contributed by atoms with Crippen molar-refractivity contribution in [2.24, 2.45) is 17.8 Å². The van der Waals surface area contributed by atoms with Gasteiger partial charge in [-0.3, -0.25) is 4.90 Å². The molecule has 1 aliphatic carbocycles. The Morgan fingerprint density at radius 2 is 1.37 bits per heavy atom. The molecule has 0 N–H and O–H groups in total. The average Bonchev–Trinajstić information content (AvgIpc) is 2.78. The largest absolute Gasteiger partial charge is 0.461 e. The summed E-state index contributed by atoms with van der Waals surface area (Å²) in [5.74, 6) is 2.33. The van der Waals surface area contributed by atoms with Crippen molar-refractivity contribution >= 4 is 5.97 Å². The summed E-state index contributed by atoms with van der Waals surface area (Å²) in [5.41, 5.74) is 0.482. The molecule has 1 saturated carbocycles. The van der Waals surface area contributed by atoms with Crippen LogP contribution in [-0.2, 0) is 14.3 Å². The predicted molar refractivity (Wildman–Crippen MR) is 121 cm³/mol. The highest BCUT2D eigenvalue weighted by Gasteiger charge is 2.29. The number of hydrogen-bond donors (Lipinski definition) is 0. The summed E-state index contributed by atoms with van der Waals surface area (Å²) >= 11 is 0. The van der Waals surface area contributed by atoms with E-state index >= 15 is 0 Å². The summed E-state index contributed by atoms with van der Waals surface area (Å²) in [7, 11) is 0. The molecule has 0 atom stereocenters. The van der Waals surface area contributed by atoms with Crippen LogP contribution < -0.4 is 0 Å². The van der Waals surface area contributed by atoms with Crippen LogP contribution in [0.1, 0.15) is 64.7 Å². The molecule has 0 bridgehead atoms. The van der Waals surface area contributed by atoms with Gasteiger partial charge in [-0.1, -0.05) is 25.8 Å². The van der Waals surface area contributed by atoms with E-state index in [9.17, 15) is 4.79 Å². The molecule has 0 unspecified atom stereocenters. The van der Waals surface area contributed by atoms with Crippen LogP contribution in [0.2, 0.25) is 0 Å². The fourth-order valence-electron chi connectivity index (χ4n) is 5.48. The van der Waals surface area contributed by atoms with Crippen molar-refractivity contribution in [3.05, 3.63) is 12.2 Å². The molecule has 5 heteroatoms. The Balaban J connectivity index is 1.22. The first-order valence-electron chi connectivity index (χ1n) is 12.5. The maximum atomic E-state index is 11.5. The van der Waals surface area contributed by atoms with Crippen LogP contribution >= 0.6 is 0 Å². The molecule has 3 aliphatic rings. The Morgan fingerprint density at radius 1 is 0.833 bits per heavy atom. The lowest BCUT2D eigenvalue weighted by Crippen LogP contribution is -2.42. The highest BCUT2D eigenvalue weighted by molar-refractivity contribution is 5.86. The zero-order valence-electron chi connectivity index (χ0n) is 19.3. The second-order valence-corrected chi connectivity index (χ2v) is 9.85. The fourth-order valence-corrected chi connectivity index (χ4v) is 5.48. The molecule has 0 amide bonds. The highest BCUT2D eigenvalue weighted by atomic mass is 16.5. The third-order valence-corrected chi connectivity index (χ3v) is 7.55. The number of likely N-dealkylation sites (tertiary alicyclic amines) is 2. The van der Waals surface area contributed by atoms with Crippen LogP contribution in [-0.4, -0.2) is 74.9 Å². The Labute approximate surface area is 184 Å². The van der Waals surface area contributed by atoms with Gasteiger partial charge in [0.2, 0.25) is 0 Å². The third-order valence-electron chi connectivity index (χ3n) is 7.55. The van der Waals surface area contributed by atoms with E-state index in [1.807, 2.05) is 0 Å². The number of ether oxygens (including phenoxy) is 2. The summed E-state index contributed by atoms with van der Waals surface area (Å²) in [5, 5.41) is 0. The highest BCUT2D eigenvalue weighted by Crippen LogP contribution is 2.32. The minimum absolute atomic E-state index is 0.268. The molecular weight excluding hydrogens is 376 g/mol. The Kier molecular flexibility index (Phi) is 10.2. The van der Waals surface area contributed by atoms with Gasteiger partial charge in [0.25, 0.3) is 0 Å². The zero-order valence-corrected chi connectivity index (χ0v) is 19.3. The van der Waals surface area contributed by atoms with E-state index in [1.54, 1.807) is 6.92 Å². The molecule has 2 heterocycles. The van der Waals surface area contributed by atoms with Gasteiger partial charge in [0.1, 0.15) is 6.61 Å². The number of piperidine rings is 2. The second kappa shape index (κ2) is 12.8. The van der Waals surface area contributed by atoms with E-state index in [0.717, 1.165) is 57.1 Å². The van der Waals surface area contributed by atoms with Gasteiger partial charge in [-0.15, -0.1) is 0 Å². The smallest absolute Gasteiger partial charge is 0.333 e. The standard InChI is InChI=1S/C25H44N2O3/c1-21(2)25(28)30-19-17-27-14-10-24(11-15-27)23-8-12-26(13-9-23)16-18-29-20-22-6-4-3-5-7-22/h22-24H,1,3-20H2,2H3. The van der Waals surface area contributed by atoms with E-state index in [1.165, 1.54) is 70.9 Å². The van der Waals surface area contributed by atoms with Crippen LogP contribution in [0.4, 0.5) is 0 Å². The van der Waals surface area contributed by atoms with Gasteiger partial charge in [0.15, 0.2) is 0 Å². The summed E-state index contributed by atoms with van der Waals surface area (Å²) in [6.45, 7) is 14.5. The van der Waals surface area contributed by atoms with Crippen molar-refractivity contribution in [2.75, 3.05) is 59.1 Å². The van der Waals surface area contributed by atoms with Crippen molar-refractivity contribution in [3.63, 3.8) is 0 Å². The maximum absolute atomic E-state index is 11.5. The summed E-state index contributed by atoms with van der Waals surface area (Å²) in [6, 6.07) is 0. The van der Waals surface area contributed by atoms with Crippen molar-refractivity contribution in [2.45, 2.75) is 64.7 Å². The van der Waals surface area contributed by atoms with Gasteiger partial charge in [0, 0.05) is 25.3 Å². The molecule has 0 aromatic rings. The summed E-state index contributed by atoms with van der Waals surface area (Å²) in [4.78, 5) is 16.5. The van der Waals surface area contributed by atoms with Crippen LogP contribution in [0.25, 0.3) is 0 Å². The van der Waals surface area contributed by atoms with Crippen LogP contribution in [0.15, 0.2) is 12.2 Å². The molecule has 5 nitrogen and oxygen atoms in total. The predicted octanol–water partition coefficient (Wildman–Crippen LogP) is 4.13. The van der Waals surface area contributed by atoms with Gasteiger partial charge in [-0.05, 0) is 89.4 Å². The van der Waals surface area contributed by atoms with Gasteiger partial charge in [0.05, 0.1) is 6.61 Å². The SMILES string of the molecule is C=C(C)C(=O)OCCN1CCC(C2CCN(CCOCC3CCCCC3)CC2)CC1. The Morgan fingerprint density at radius 3 is 1.90 bits per heavy atom. The number of esters is 1. The van der Waals surface area contributed by atoms with E-state index in [2.05, 4.69) is 16.4 Å². The second-order valence-electron chi connectivity index (χ2n) is 9.85. The molecule has 30 heavy (non-hydrogen) atoms. The zero-order chi connectivity index (χ0) is 21.2. The molecule has 0 aromatic heterocycles. The van der Waals surface area contributed by atoms with Gasteiger partial charge in [-0.25, -0.2) is 4.79 Å².